The van der Waals surface area contributed by atoms with E-state index >= 15 is 0 Å². The van der Waals surface area contributed by atoms with Crippen LogP contribution in [0.4, 0.5) is 0 Å². The number of hydrogen-bond donors (Lipinski definition) is 0. The SMILES string of the molecule is Cc1ccc(S(=O)(=O)Cl)cc1C(=O)OC1CCCCCC1. The third kappa shape index (κ3) is 4.45. The lowest BCUT2D eigenvalue weighted by Crippen LogP contribution is -2.18. The molecule has 0 heterocycles. The van der Waals surface area contributed by atoms with E-state index in [9.17, 15) is 13.2 Å². The molecule has 0 unspecified atom stereocenters. The molecular formula is C15H19ClO4S. The molecule has 0 aliphatic heterocycles. The van der Waals surface area contributed by atoms with Crippen LogP contribution in [-0.2, 0) is 13.8 Å². The Morgan fingerprint density at radius 1 is 1.19 bits per heavy atom. The highest BCUT2D eigenvalue weighted by Gasteiger charge is 2.21. The molecule has 116 valence electrons. The Morgan fingerprint density at radius 3 is 2.38 bits per heavy atom. The molecule has 1 aromatic rings. The van der Waals surface area contributed by atoms with E-state index in [1.54, 1.807) is 13.0 Å². The van der Waals surface area contributed by atoms with Crippen LogP contribution in [0.1, 0.15) is 54.4 Å². The zero-order chi connectivity index (χ0) is 15.5. The number of hydrogen-bond acceptors (Lipinski definition) is 4. The maximum absolute atomic E-state index is 12.3. The van der Waals surface area contributed by atoms with Crippen molar-refractivity contribution in [2.24, 2.45) is 0 Å². The Morgan fingerprint density at radius 2 is 1.81 bits per heavy atom. The Bertz CT molecular complexity index is 617. The molecule has 21 heavy (non-hydrogen) atoms. The van der Waals surface area contributed by atoms with Gasteiger partial charge in [-0.05, 0) is 50.3 Å². The van der Waals surface area contributed by atoms with E-state index in [0.29, 0.717) is 5.56 Å². The zero-order valence-electron chi connectivity index (χ0n) is 12.0. The van der Waals surface area contributed by atoms with Crippen molar-refractivity contribution in [2.75, 3.05) is 0 Å². The molecule has 1 saturated carbocycles. The van der Waals surface area contributed by atoms with Crippen molar-refractivity contribution >= 4 is 25.7 Å². The van der Waals surface area contributed by atoms with Crippen LogP contribution >= 0.6 is 10.7 Å². The predicted molar refractivity (Wildman–Crippen MR) is 81.1 cm³/mol. The normalized spacial score (nSPS) is 17.2. The highest BCUT2D eigenvalue weighted by Crippen LogP contribution is 2.23. The number of carbonyl (C=O) groups excluding carboxylic acids is 1. The summed E-state index contributed by atoms with van der Waals surface area (Å²) in [6.45, 7) is 1.74. The first-order valence-corrected chi connectivity index (χ1v) is 9.45. The van der Waals surface area contributed by atoms with Gasteiger partial charge < -0.3 is 4.74 Å². The Balaban J connectivity index is 2.18. The van der Waals surface area contributed by atoms with Gasteiger partial charge in [-0.25, -0.2) is 13.2 Å². The van der Waals surface area contributed by atoms with Crippen molar-refractivity contribution in [1.82, 2.24) is 0 Å². The third-order valence-corrected chi connectivity index (χ3v) is 5.14. The molecule has 4 nitrogen and oxygen atoms in total. The maximum atomic E-state index is 12.3. The molecule has 1 aliphatic carbocycles. The largest absolute Gasteiger partial charge is 0.459 e. The summed E-state index contributed by atoms with van der Waals surface area (Å²) in [5.74, 6) is -0.471. The molecule has 0 spiro atoms. The summed E-state index contributed by atoms with van der Waals surface area (Å²) in [6.07, 6.45) is 6.15. The minimum atomic E-state index is -3.85. The average Bonchev–Trinajstić information content (AvgIpc) is 2.66. The number of halogens is 1. The van der Waals surface area contributed by atoms with E-state index < -0.39 is 15.0 Å². The molecule has 0 atom stereocenters. The predicted octanol–water partition coefficient (Wildman–Crippen LogP) is 3.80. The Kier molecular flexibility index (Phi) is 5.27. The van der Waals surface area contributed by atoms with Gasteiger partial charge in [0, 0.05) is 10.7 Å². The number of carbonyl (C=O) groups is 1. The van der Waals surface area contributed by atoms with E-state index in [1.165, 1.54) is 25.0 Å². The van der Waals surface area contributed by atoms with Gasteiger partial charge >= 0.3 is 5.97 Å². The van der Waals surface area contributed by atoms with Crippen molar-refractivity contribution in [3.63, 3.8) is 0 Å². The van der Waals surface area contributed by atoms with E-state index in [-0.39, 0.29) is 16.6 Å². The fourth-order valence-corrected chi connectivity index (χ4v) is 3.32. The number of esters is 1. The number of aryl methyl sites for hydroxylation is 1. The minimum absolute atomic E-state index is 0.0735. The number of rotatable bonds is 3. The van der Waals surface area contributed by atoms with E-state index in [2.05, 4.69) is 0 Å². The van der Waals surface area contributed by atoms with Crippen molar-refractivity contribution in [3.8, 4) is 0 Å². The number of ether oxygens (including phenoxy) is 1. The fourth-order valence-electron chi connectivity index (χ4n) is 2.55. The third-order valence-electron chi connectivity index (χ3n) is 3.79. The molecule has 1 aliphatic rings. The summed E-state index contributed by atoms with van der Waals surface area (Å²) in [4.78, 5) is 12.2. The van der Waals surface area contributed by atoms with E-state index in [0.717, 1.165) is 25.7 Å². The molecule has 0 aromatic heterocycles. The molecule has 0 bridgehead atoms. The Labute approximate surface area is 129 Å². The fraction of sp³-hybridized carbons (Fsp3) is 0.533. The molecule has 1 aromatic carbocycles. The summed E-state index contributed by atoms with van der Waals surface area (Å²) < 4.78 is 28.3. The highest BCUT2D eigenvalue weighted by molar-refractivity contribution is 8.13. The lowest BCUT2D eigenvalue weighted by Gasteiger charge is -2.16. The first-order valence-electron chi connectivity index (χ1n) is 7.14. The first-order chi connectivity index (χ1) is 9.88. The van der Waals surface area contributed by atoms with Crippen LogP contribution in [-0.4, -0.2) is 20.5 Å². The van der Waals surface area contributed by atoms with Gasteiger partial charge in [0.1, 0.15) is 6.10 Å². The van der Waals surface area contributed by atoms with Crippen LogP contribution in [0.5, 0.6) is 0 Å². The summed E-state index contributed by atoms with van der Waals surface area (Å²) in [5, 5.41) is 0. The summed E-state index contributed by atoms with van der Waals surface area (Å²) in [7, 11) is 1.47. The quantitative estimate of drug-likeness (QED) is 0.480. The second-order valence-electron chi connectivity index (χ2n) is 5.43. The standard InChI is InChI=1S/C15H19ClO4S/c1-11-8-9-13(21(16,18)19)10-14(11)15(17)20-12-6-4-2-3-5-7-12/h8-10,12H,2-7H2,1H3. The second kappa shape index (κ2) is 6.79. The van der Waals surface area contributed by atoms with Gasteiger partial charge in [-0.1, -0.05) is 18.9 Å². The number of benzene rings is 1. The first kappa shape index (κ1) is 16.3. The monoisotopic (exact) mass is 330 g/mol. The van der Waals surface area contributed by atoms with Crippen LogP contribution in [0, 0.1) is 6.92 Å². The topological polar surface area (TPSA) is 60.4 Å². The van der Waals surface area contributed by atoms with Gasteiger partial charge in [0.25, 0.3) is 9.05 Å². The average molecular weight is 331 g/mol. The second-order valence-corrected chi connectivity index (χ2v) is 8.00. The molecule has 2 rings (SSSR count). The minimum Gasteiger partial charge on any atom is -0.459 e. The van der Waals surface area contributed by atoms with Crippen molar-refractivity contribution in [3.05, 3.63) is 29.3 Å². The van der Waals surface area contributed by atoms with Gasteiger partial charge in [0.15, 0.2) is 0 Å². The molecule has 0 saturated heterocycles. The van der Waals surface area contributed by atoms with Crippen molar-refractivity contribution in [1.29, 1.82) is 0 Å². The van der Waals surface area contributed by atoms with Gasteiger partial charge in [0.05, 0.1) is 10.5 Å². The van der Waals surface area contributed by atoms with E-state index in [1.807, 2.05) is 0 Å². The lowest BCUT2D eigenvalue weighted by molar-refractivity contribution is 0.0266. The smallest absolute Gasteiger partial charge is 0.338 e. The van der Waals surface area contributed by atoms with Gasteiger partial charge in [0.2, 0.25) is 0 Å². The van der Waals surface area contributed by atoms with Crippen LogP contribution in [0.25, 0.3) is 0 Å². The molecular weight excluding hydrogens is 312 g/mol. The zero-order valence-corrected chi connectivity index (χ0v) is 13.5. The van der Waals surface area contributed by atoms with Crippen LogP contribution < -0.4 is 0 Å². The van der Waals surface area contributed by atoms with Crippen LogP contribution in [0.3, 0.4) is 0 Å². The molecule has 0 radical (unpaired) electrons. The van der Waals surface area contributed by atoms with Crippen molar-refractivity contribution in [2.45, 2.75) is 56.4 Å². The summed E-state index contributed by atoms with van der Waals surface area (Å²) >= 11 is 0. The highest BCUT2D eigenvalue weighted by atomic mass is 35.7. The molecule has 6 heteroatoms. The van der Waals surface area contributed by atoms with Gasteiger partial charge in [-0.2, -0.15) is 0 Å². The van der Waals surface area contributed by atoms with Crippen molar-refractivity contribution < 1.29 is 17.9 Å². The summed E-state index contributed by atoms with van der Waals surface area (Å²) in [6, 6.07) is 4.25. The maximum Gasteiger partial charge on any atom is 0.338 e. The van der Waals surface area contributed by atoms with Crippen LogP contribution in [0.15, 0.2) is 23.1 Å². The molecule has 0 N–H and O–H groups in total. The van der Waals surface area contributed by atoms with Gasteiger partial charge in [-0.15, -0.1) is 0 Å². The van der Waals surface area contributed by atoms with Gasteiger partial charge in [-0.3, -0.25) is 0 Å². The summed E-state index contributed by atoms with van der Waals surface area (Å²) in [5.41, 5.74) is 0.943. The van der Waals surface area contributed by atoms with Crippen LogP contribution in [0.2, 0.25) is 0 Å². The molecule has 0 amide bonds. The Hall–Kier alpha value is -1.07. The lowest BCUT2D eigenvalue weighted by atomic mass is 10.1. The molecule has 1 fully saturated rings. The van der Waals surface area contributed by atoms with E-state index in [4.69, 9.17) is 15.4 Å².